The van der Waals surface area contributed by atoms with Gasteiger partial charge in [-0.05, 0) is 36.9 Å². The average molecular weight is 260 g/mol. The van der Waals surface area contributed by atoms with Crippen LogP contribution in [0, 0.1) is 6.92 Å². The fourth-order valence-electron chi connectivity index (χ4n) is 0.862. The maximum absolute atomic E-state index is 5.49. The lowest BCUT2D eigenvalue weighted by atomic mass is 10.4. The van der Waals surface area contributed by atoms with E-state index in [0.717, 1.165) is 16.7 Å². The van der Waals surface area contributed by atoms with Gasteiger partial charge in [-0.15, -0.1) is 0 Å². The van der Waals surface area contributed by atoms with Crippen molar-refractivity contribution < 1.29 is 4.74 Å². The number of halogens is 1. The molecule has 0 N–H and O–H groups in total. The van der Waals surface area contributed by atoms with Crippen LogP contribution in [0.3, 0.4) is 0 Å². The van der Waals surface area contributed by atoms with Gasteiger partial charge in [0.25, 0.3) is 0 Å². The van der Waals surface area contributed by atoms with Crippen molar-refractivity contribution in [1.29, 1.82) is 0 Å². The van der Waals surface area contributed by atoms with Crippen LogP contribution in [0.4, 0.5) is 0 Å². The standard InChI is InChI=1S/C9H14BrN3O/c1-7-8(10)9(12-6-11-7)14-5-4-13(2)3/h6H,4-5H2,1-3H3. The molecule has 0 radical (unpaired) electrons. The summed E-state index contributed by atoms with van der Waals surface area (Å²) in [4.78, 5) is 10.1. The second-order valence-electron chi connectivity index (χ2n) is 3.23. The van der Waals surface area contributed by atoms with Gasteiger partial charge in [-0.1, -0.05) is 0 Å². The SMILES string of the molecule is Cc1ncnc(OCCN(C)C)c1Br. The minimum Gasteiger partial charge on any atom is -0.475 e. The molecule has 1 rings (SSSR count). The second kappa shape index (κ2) is 5.26. The highest BCUT2D eigenvalue weighted by Crippen LogP contribution is 2.23. The fourth-order valence-corrected chi connectivity index (χ4v) is 1.18. The van der Waals surface area contributed by atoms with Crippen LogP contribution < -0.4 is 4.74 Å². The number of hydrogen-bond donors (Lipinski definition) is 0. The summed E-state index contributed by atoms with van der Waals surface area (Å²) in [6.07, 6.45) is 1.51. The quantitative estimate of drug-likeness (QED) is 0.822. The molecule has 0 amide bonds. The first-order chi connectivity index (χ1) is 6.61. The number of aryl methyl sites for hydroxylation is 1. The molecule has 0 saturated carbocycles. The van der Waals surface area contributed by atoms with E-state index in [0.29, 0.717) is 12.5 Å². The summed E-state index contributed by atoms with van der Waals surface area (Å²) in [5.74, 6) is 0.611. The Hall–Kier alpha value is -0.680. The third-order valence-electron chi connectivity index (χ3n) is 1.71. The highest BCUT2D eigenvalue weighted by Gasteiger charge is 2.05. The van der Waals surface area contributed by atoms with Crippen LogP contribution >= 0.6 is 15.9 Å². The minimum atomic E-state index is 0.611. The van der Waals surface area contributed by atoms with Crippen molar-refractivity contribution in [2.24, 2.45) is 0 Å². The number of ether oxygens (including phenoxy) is 1. The van der Waals surface area contributed by atoms with Gasteiger partial charge in [-0.25, -0.2) is 9.97 Å². The van der Waals surface area contributed by atoms with E-state index in [9.17, 15) is 0 Å². The first-order valence-corrected chi connectivity index (χ1v) is 5.15. The van der Waals surface area contributed by atoms with Crippen LogP contribution in [-0.4, -0.2) is 42.1 Å². The molecular formula is C9H14BrN3O. The van der Waals surface area contributed by atoms with Gasteiger partial charge in [0.1, 0.15) is 17.4 Å². The summed E-state index contributed by atoms with van der Waals surface area (Å²) in [6.45, 7) is 3.40. The zero-order valence-electron chi connectivity index (χ0n) is 8.62. The molecule has 0 bridgehead atoms. The van der Waals surface area contributed by atoms with Crippen molar-refractivity contribution in [1.82, 2.24) is 14.9 Å². The molecule has 0 saturated heterocycles. The van der Waals surface area contributed by atoms with Crippen LogP contribution in [0.5, 0.6) is 5.88 Å². The lowest BCUT2D eigenvalue weighted by Crippen LogP contribution is -2.19. The van der Waals surface area contributed by atoms with E-state index in [1.54, 1.807) is 0 Å². The number of rotatable bonds is 4. The van der Waals surface area contributed by atoms with E-state index in [1.165, 1.54) is 6.33 Å². The monoisotopic (exact) mass is 259 g/mol. The van der Waals surface area contributed by atoms with Crippen molar-refractivity contribution >= 4 is 15.9 Å². The van der Waals surface area contributed by atoms with Crippen LogP contribution in [-0.2, 0) is 0 Å². The van der Waals surface area contributed by atoms with Gasteiger partial charge in [0.05, 0.1) is 5.69 Å². The Morgan fingerprint density at radius 1 is 1.43 bits per heavy atom. The fraction of sp³-hybridized carbons (Fsp3) is 0.556. The molecule has 0 atom stereocenters. The maximum Gasteiger partial charge on any atom is 0.231 e. The van der Waals surface area contributed by atoms with Crippen molar-refractivity contribution in [2.75, 3.05) is 27.2 Å². The number of likely N-dealkylation sites (N-methyl/N-ethyl adjacent to an activating group) is 1. The van der Waals surface area contributed by atoms with Crippen molar-refractivity contribution in [3.8, 4) is 5.88 Å². The van der Waals surface area contributed by atoms with E-state index in [2.05, 4.69) is 30.8 Å². The molecule has 0 aliphatic carbocycles. The summed E-state index contributed by atoms with van der Waals surface area (Å²) in [5.41, 5.74) is 0.889. The molecular weight excluding hydrogens is 246 g/mol. The van der Waals surface area contributed by atoms with E-state index < -0.39 is 0 Å². The van der Waals surface area contributed by atoms with Gasteiger partial charge in [-0.3, -0.25) is 0 Å². The van der Waals surface area contributed by atoms with Crippen LogP contribution in [0.15, 0.2) is 10.8 Å². The van der Waals surface area contributed by atoms with Crippen LogP contribution in [0.1, 0.15) is 5.69 Å². The van der Waals surface area contributed by atoms with Crippen molar-refractivity contribution in [3.05, 3.63) is 16.5 Å². The average Bonchev–Trinajstić information content (AvgIpc) is 2.12. The third kappa shape index (κ3) is 3.23. The van der Waals surface area contributed by atoms with Gasteiger partial charge in [0, 0.05) is 6.54 Å². The zero-order chi connectivity index (χ0) is 10.6. The lowest BCUT2D eigenvalue weighted by molar-refractivity contribution is 0.252. The molecule has 0 fully saturated rings. The third-order valence-corrected chi connectivity index (χ3v) is 2.62. The van der Waals surface area contributed by atoms with Crippen molar-refractivity contribution in [3.63, 3.8) is 0 Å². The van der Waals surface area contributed by atoms with Gasteiger partial charge >= 0.3 is 0 Å². The predicted octanol–water partition coefficient (Wildman–Crippen LogP) is 1.49. The Balaban J connectivity index is 2.54. The maximum atomic E-state index is 5.49. The molecule has 1 aromatic heterocycles. The minimum absolute atomic E-state index is 0.611. The molecule has 0 aliphatic heterocycles. The topological polar surface area (TPSA) is 38.3 Å². The Morgan fingerprint density at radius 2 is 2.14 bits per heavy atom. The lowest BCUT2D eigenvalue weighted by Gasteiger charge is -2.11. The Kier molecular flexibility index (Phi) is 4.28. The molecule has 0 aromatic carbocycles. The molecule has 0 aliphatic rings. The zero-order valence-corrected chi connectivity index (χ0v) is 10.2. The Bertz CT molecular complexity index is 304. The number of aromatic nitrogens is 2. The van der Waals surface area contributed by atoms with Gasteiger partial charge in [0.15, 0.2) is 0 Å². The summed E-state index contributed by atoms with van der Waals surface area (Å²) in [5, 5.41) is 0. The van der Waals surface area contributed by atoms with Gasteiger partial charge in [0.2, 0.25) is 5.88 Å². The normalized spacial score (nSPS) is 10.6. The molecule has 0 unspecified atom stereocenters. The summed E-state index contributed by atoms with van der Waals surface area (Å²) >= 11 is 3.38. The summed E-state index contributed by atoms with van der Waals surface area (Å²) < 4.78 is 6.32. The van der Waals surface area contributed by atoms with Gasteiger partial charge < -0.3 is 9.64 Å². The molecule has 5 heteroatoms. The smallest absolute Gasteiger partial charge is 0.231 e. The van der Waals surface area contributed by atoms with Crippen LogP contribution in [0.25, 0.3) is 0 Å². The van der Waals surface area contributed by atoms with E-state index in [-0.39, 0.29) is 0 Å². The predicted molar refractivity (Wildman–Crippen MR) is 58.5 cm³/mol. The van der Waals surface area contributed by atoms with Gasteiger partial charge in [-0.2, -0.15) is 0 Å². The van der Waals surface area contributed by atoms with Crippen LogP contribution in [0.2, 0.25) is 0 Å². The first-order valence-electron chi connectivity index (χ1n) is 4.36. The molecule has 1 aromatic rings. The highest BCUT2D eigenvalue weighted by atomic mass is 79.9. The molecule has 1 heterocycles. The van der Waals surface area contributed by atoms with E-state index in [4.69, 9.17) is 4.74 Å². The molecule has 4 nitrogen and oxygen atoms in total. The number of hydrogen-bond acceptors (Lipinski definition) is 4. The Morgan fingerprint density at radius 3 is 2.79 bits per heavy atom. The largest absolute Gasteiger partial charge is 0.475 e. The molecule has 78 valence electrons. The highest BCUT2D eigenvalue weighted by molar-refractivity contribution is 9.10. The summed E-state index contributed by atoms with van der Waals surface area (Å²) in [6, 6.07) is 0. The first kappa shape index (κ1) is 11.4. The van der Waals surface area contributed by atoms with Crippen molar-refractivity contribution in [2.45, 2.75) is 6.92 Å². The van der Waals surface area contributed by atoms with E-state index in [1.807, 2.05) is 21.0 Å². The molecule has 14 heavy (non-hydrogen) atoms. The summed E-state index contributed by atoms with van der Waals surface area (Å²) in [7, 11) is 4.01. The second-order valence-corrected chi connectivity index (χ2v) is 4.02. The number of nitrogens with zero attached hydrogens (tertiary/aromatic N) is 3. The van der Waals surface area contributed by atoms with E-state index >= 15 is 0 Å². The molecule has 0 spiro atoms. The Labute approximate surface area is 92.4 Å².